The van der Waals surface area contributed by atoms with Crippen LogP contribution in [0.15, 0.2) is 0 Å². The number of nitrogens with zero attached hydrogens (tertiary/aromatic N) is 2. The molecule has 1 N–H and O–H groups in total. The molecular formula is C13H24N2O3. The number of likely N-dealkylation sites (tertiary alicyclic amines) is 1. The molecule has 18 heavy (non-hydrogen) atoms. The van der Waals surface area contributed by atoms with Crippen molar-refractivity contribution in [2.75, 3.05) is 46.9 Å². The third kappa shape index (κ3) is 2.84. The zero-order valence-electron chi connectivity index (χ0n) is 11.4. The summed E-state index contributed by atoms with van der Waals surface area (Å²) in [6.07, 6.45) is 3.10. The summed E-state index contributed by atoms with van der Waals surface area (Å²) < 4.78 is 5.30. The summed E-state index contributed by atoms with van der Waals surface area (Å²) in [6.45, 7) is 3.63. The van der Waals surface area contributed by atoms with Crippen LogP contribution >= 0.6 is 0 Å². The smallest absolute Gasteiger partial charge is 0.313 e. The number of ether oxygens (including phenoxy) is 1. The summed E-state index contributed by atoms with van der Waals surface area (Å²) in [7, 11) is 4.17. The van der Waals surface area contributed by atoms with Crippen LogP contribution in [-0.4, -0.2) is 73.9 Å². The summed E-state index contributed by atoms with van der Waals surface area (Å²) in [6, 6.07) is 0.572. The van der Waals surface area contributed by atoms with Crippen molar-refractivity contribution in [3.05, 3.63) is 0 Å². The van der Waals surface area contributed by atoms with E-state index in [-0.39, 0.29) is 0 Å². The lowest BCUT2D eigenvalue weighted by Crippen LogP contribution is -2.46. The highest BCUT2D eigenvalue weighted by atomic mass is 16.5. The fourth-order valence-corrected chi connectivity index (χ4v) is 3.12. The van der Waals surface area contributed by atoms with Gasteiger partial charge in [0.05, 0.1) is 6.61 Å². The van der Waals surface area contributed by atoms with Crippen LogP contribution in [0.1, 0.15) is 19.3 Å². The first-order valence-corrected chi connectivity index (χ1v) is 6.73. The molecule has 0 aromatic rings. The quantitative estimate of drug-likeness (QED) is 0.776. The van der Waals surface area contributed by atoms with E-state index in [0.29, 0.717) is 32.2 Å². The van der Waals surface area contributed by atoms with Gasteiger partial charge in [0.2, 0.25) is 0 Å². The van der Waals surface area contributed by atoms with Crippen LogP contribution in [-0.2, 0) is 9.53 Å². The summed E-state index contributed by atoms with van der Waals surface area (Å²) >= 11 is 0. The van der Waals surface area contributed by atoms with Gasteiger partial charge in [-0.1, -0.05) is 0 Å². The number of carboxylic acid groups (broad SMARTS) is 1. The monoisotopic (exact) mass is 256 g/mol. The molecule has 0 aromatic heterocycles. The molecule has 0 saturated carbocycles. The van der Waals surface area contributed by atoms with Gasteiger partial charge in [0.15, 0.2) is 0 Å². The van der Waals surface area contributed by atoms with Gasteiger partial charge < -0.3 is 19.6 Å². The summed E-state index contributed by atoms with van der Waals surface area (Å²) in [4.78, 5) is 16.0. The molecule has 104 valence electrons. The second kappa shape index (κ2) is 5.55. The summed E-state index contributed by atoms with van der Waals surface area (Å²) in [5.74, 6) is -0.716. The third-order valence-corrected chi connectivity index (χ3v) is 4.32. The largest absolute Gasteiger partial charge is 0.481 e. The van der Waals surface area contributed by atoms with Gasteiger partial charge >= 0.3 is 5.97 Å². The SMILES string of the molecule is CN(CC1CCCN1C)CC1(C(=O)O)CCOC1. The van der Waals surface area contributed by atoms with Crippen molar-refractivity contribution in [1.82, 2.24) is 9.80 Å². The van der Waals surface area contributed by atoms with Crippen molar-refractivity contribution in [1.29, 1.82) is 0 Å². The van der Waals surface area contributed by atoms with E-state index in [4.69, 9.17) is 4.74 Å². The van der Waals surface area contributed by atoms with Crippen molar-refractivity contribution < 1.29 is 14.6 Å². The van der Waals surface area contributed by atoms with Crippen LogP contribution in [0, 0.1) is 5.41 Å². The van der Waals surface area contributed by atoms with E-state index in [2.05, 4.69) is 16.8 Å². The Morgan fingerprint density at radius 1 is 1.61 bits per heavy atom. The molecule has 0 spiro atoms. The predicted molar refractivity (Wildman–Crippen MR) is 68.7 cm³/mol. The Morgan fingerprint density at radius 2 is 2.39 bits per heavy atom. The maximum absolute atomic E-state index is 11.4. The Morgan fingerprint density at radius 3 is 2.89 bits per heavy atom. The van der Waals surface area contributed by atoms with Gasteiger partial charge in [-0.3, -0.25) is 4.79 Å². The fourth-order valence-electron chi connectivity index (χ4n) is 3.12. The minimum Gasteiger partial charge on any atom is -0.481 e. The summed E-state index contributed by atoms with van der Waals surface area (Å²) in [5.41, 5.74) is -0.689. The molecule has 2 saturated heterocycles. The van der Waals surface area contributed by atoms with Crippen molar-refractivity contribution in [3.8, 4) is 0 Å². The van der Waals surface area contributed by atoms with Crippen molar-refractivity contribution in [3.63, 3.8) is 0 Å². The lowest BCUT2D eigenvalue weighted by Gasteiger charge is -2.31. The van der Waals surface area contributed by atoms with Gasteiger partial charge in [0, 0.05) is 25.7 Å². The van der Waals surface area contributed by atoms with Gasteiger partial charge in [0.25, 0.3) is 0 Å². The minimum atomic E-state index is -0.716. The number of rotatable bonds is 5. The molecule has 5 nitrogen and oxygen atoms in total. The van der Waals surface area contributed by atoms with Gasteiger partial charge in [-0.2, -0.15) is 0 Å². The molecule has 0 aliphatic carbocycles. The standard InChI is InChI=1S/C13H24N2O3/c1-14(8-11-4-3-6-15(11)2)9-13(12(16)17)5-7-18-10-13/h11H,3-10H2,1-2H3,(H,16,17). The molecular weight excluding hydrogens is 232 g/mol. The maximum Gasteiger partial charge on any atom is 0.313 e. The minimum absolute atomic E-state index is 0.354. The molecule has 2 fully saturated rings. The Hall–Kier alpha value is -0.650. The van der Waals surface area contributed by atoms with Crippen LogP contribution in [0.4, 0.5) is 0 Å². The average Bonchev–Trinajstić information content (AvgIpc) is 2.90. The van der Waals surface area contributed by atoms with E-state index in [9.17, 15) is 9.90 Å². The highest BCUT2D eigenvalue weighted by Gasteiger charge is 2.43. The predicted octanol–water partition coefficient (Wildman–Crippen LogP) is 0.504. The van der Waals surface area contributed by atoms with Gasteiger partial charge in [-0.15, -0.1) is 0 Å². The number of hydrogen-bond acceptors (Lipinski definition) is 4. The molecule has 2 rings (SSSR count). The molecule has 2 aliphatic heterocycles. The van der Waals surface area contributed by atoms with Gasteiger partial charge in [-0.25, -0.2) is 0 Å². The molecule has 2 aliphatic rings. The molecule has 0 amide bonds. The van der Waals surface area contributed by atoms with E-state index in [1.807, 2.05) is 7.05 Å². The number of likely N-dealkylation sites (N-methyl/N-ethyl adjacent to an activating group) is 2. The molecule has 0 radical (unpaired) electrons. The molecule has 0 bridgehead atoms. The highest BCUT2D eigenvalue weighted by molar-refractivity contribution is 5.75. The van der Waals surface area contributed by atoms with E-state index < -0.39 is 11.4 Å². The Balaban J connectivity index is 1.89. The maximum atomic E-state index is 11.4. The van der Waals surface area contributed by atoms with E-state index >= 15 is 0 Å². The first-order valence-electron chi connectivity index (χ1n) is 6.73. The van der Waals surface area contributed by atoms with E-state index in [1.165, 1.54) is 12.8 Å². The molecule has 2 unspecified atom stereocenters. The number of carbonyl (C=O) groups is 1. The normalized spacial score (nSPS) is 33.4. The lowest BCUT2D eigenvalue weighted by molar-refractivity contribution is -0.150. The van der Waals surface area contributed by atoms with Gasteiger partial charge in [-0.05, 0) is 39.9 Å². The molecule has 5 heteroatoms. The average molecular weight is 256 g/mol. The van der Waals surface area contributed by atoms with Crippen LogP contribution in [0.5, 0.6) is 0 Å². The Kier molecular flexibility index (Phi) is 4.25. The van der Waals surface area contributed by atoms with Crippen LogP contribution in [0.3, 0.4) is 0 Å². The number of carboxylic acids is 1. The number of aliphatic carboxylic acids is 1. The van der Waals surface area contributed by atoms with Crippen molar-refractivity contribution >= 4 is 5.97 Å². The van der Waals surface area contributed by atoms with Crippen LogP contribution < -0.4 is 0 Å². The highest BCUT2D eigenvalue weighted by Crippen LogP contribution is 2.30. The van der Waals surface area contributed by atoms with Gasteiger partial charge in [0.1, 0.15) is 5.41 Å². The van der Waals surface area contributed by atoms with Crippen LogP contribution in [0.25, 0.3) is 0 Å². The van der Waals surface area contributed by atoms with E-state index in [0.717, 1.165) is 13.1 Å². The first kappa shape index (κ1) is 13.8. The van der Waals surface area contributed by atoms with Crippen LogP contribution in [0.2, 0.25) is 0 Å². The third-order valence-electron chi connectivity index (χ3n) is 4.32. The Bertz CT molecular complexity index is 303. The lowest BCUT2D eigenvalue weighted by atomic mass is 9.87. The molecule has 0 aromatic carbocycles. The molecule has 2 atom stereocenters. The molecule has 2 heterocycles. The van der Waals surface area contributed by atoms with Crippen molar-refractivity contribution in [2.24, 2.45) is 5.41 Å². The Labute approximate surface area is 109 Å². The van der Waals surface area contributed by atoms with Crippen molar-refractivity contribution in [2.45, 2.75) is 25.3 Å². The number of hydrogen-bond donors (Lipinski definition) is 1. The van der Waals surface area contributed by atoms with E-state index in [1.54, 1.807) is 0 Å². The second-order valence-corrected chi connectivity index (χ2v) is 5.86. The second-order valence-electron chi connectivity index (χ2n) is 5.86. The first-order chi connectivity index (χ1) is 8.53. The fraction of sp³-hybridized carbons (Fsp3) is 0.923. The topological polar surface area (TPSA) is 53.0 Å². The zero-order valence-corrected chi connectivity index (χ0v) is 11.4. The zero-order chi connectivity index (χ0) is 13.2. The summed E-state index contributed by atoms with van der Waals surface area (Å²) in [5, 5.41) is 9.41.